The number of aromatic nitrogens is 1. The molecule has 1 amide bonds. The smallest absolute Gasteiger partial charge is 0.338 e. The summed E-state index contributed by atoms with van der Waals surface area (Å²) in [5.74, 6) is 0.582. The molecule has 1 aromatic heterocycles. The Morgan fingerprint density at radius 3 is 2.15 bits per heavy atom. The minimum atomic E-state index is -0.892. The minimum absolute atomic E-state index is 0.135. The van der Waals surface area contributed by atoms with Crippen LogP contribution in [0.3, 0.4) is 0 Å². The molecular formula is C36H37N3O8S. The molecule has 0 spiro atoms. The zero-order valence-corrected chi connectivity index (χ0v) is 28.0. The van der Waals surface area contributed by atoms with Crippen LogP contribution in [0.25, 0.3) is 11.8 Å². The lowest BCUT2D eigenvalue weighted by atomic mass is 9.93. The van der Waals surface area contributed by atoms with E-state index in [1.54, 1.807) is 43.3 Å². The van der Waals surface area contributed by atoms with Gasteiger partial charge in [-0.15, -0.1) is 0 Å². The molecule has 1 unspecified atom stereocenters. The van der Waals surface area contributed by atoms with Crippen LogP contribution in [0.15, 0.2) is 82.1 Å². The van der Waals surface area contributed by atoms with E-state index < -0.39 is 17.9 Å². The van der Waals surface area contributed by atoms with Crippen LogP contribution in [-0.2, 0) is 14.3 Å². The molecule has 3 aromatic carbocycles. The van der Waals surface area contributed by atoms with Crippen LogP contribution in [0.2, 0.25) is 0 Å². The molecule has 0 saturated carbocycles. The number of esters is 1. The predicted octanol–water partition coefficient (Wildman–Crippen LogP) is 4.00. The maximum Gasteiger partial charge on any atom is 0.338 e. The summed E-state index contributed by atoms with van der Waals surface area (Å²) >= 11 is 1.20. The third kappa shape index (κ3) is 7.28. The van der Waals surface area contributed by atoms with Gasteiger partial charge in [-0.05, 0) is 69.2 Å². The Kier molecular flexibility index (Phi) is 11.0. The van der Waals surface area contributed by atoms with E-state index in [-0.39, 0.29) is 24.3 Å². The first-order valence-electron chi connectivity index (χ1n) is 15.6. The van der Waals surface area contributed by atoms with Crippen molar-refractivity contribution in [3.05, 3.63) is 109 Å². The third-order valence-corrected chi connectivity index (χ3v) is 8.18. The number of ether oxygens (including phenoxy) is 5. The molecule has 0 fully saturated rings. The number of hydrogen-bond acceptors (Lipinski definition) is 10. The number of rotatable bonds is 14. The van der Waals surface area contributed by atoms with Gasteiger partial charge in [-0.2, -0.15) is 0 Å². The second-order valence-corrected chi connectivity index (χ2v) is 11.4. The van der Waals surface area contributed by atoms with E-state index >= 15 is 0 Å². The van der Waals surface area contributed by atoms with Crippen molar-refractivity contribution in [2.24, 2.45) is 10.7 Å². The maximum atomic E-state index is 14.4. The van der Waals surface area contributed by atoms with Crippen LogP contribution in [-0.4, -0.2) is 49.5 Å². The molecule has 4 aromatic rings. The molecule has 2 N–H and O–H groups in total. The number of benzene rings is 3. The van der Waals surface area contributed by atoms with E-state index in [1.165, 1.54) is 15.9 Å². The molecule has 2 heterocycles. The van der Waals surface area contributed by atoms with Crippen molar-refractivity contribution in [3.8, 4) is 23.0 Å². The largest absolute Gasteiger partial charge is 0.490 e. The van der Waals surface area contributed by atoms with Crippen molar-refractivity contribution in [2.75, 3.05) is 33.0 Å². The van der Waals surface area contributed by atoms with Crippen LogP contribution in [0, 0.1) is 0 Å². The van der Waals surface area contributed by atoms with Crippen molar-refractivity contribution in [2.45, 2.75) is 33.7 Å². The predicted molar refractivity (Wildman–Crippen MR) is 182 cm³/mol. The van der Waals surface area contributed by atoms with Crippen LogP contribution >= 0.6 is 11.3 Å². The zero-order chi connectivity index (χ0) is 34.2. The normalized spacial score (nSPS) is 14.2. The first-order valence-corrected chi connectivity index (χ1v) is 16.5. The van der Waals surface area contributed by atoms with Crippen LogP contribution in [0.1, 0.15) is 50.4 Å². The van der Waals surface area contributed by atoms with E-state index in [9.17, 15) is 14.4 Å². The average Bonchev–Trinajstić information content (AvgIpc) is 3.39. The molecule has 12 heteroatoms. The second-order valence-electron chi connectivity index (χ2n) is 10.4. The van der Waals surface area contributed by atoms with Crippen LogP contribution < -0.4 is 39.6 Å². The highest BCUT2D eigenvalue weighted by atomic mass is 32.1. The minimum Gasteiger partial charge on any atom is -0.490 e. The summed E-state index contributed by atoms with van der Waals surface area (Å²) in [5, 5.41) is 0. The van der Waals surface area contributed by atoms with Crippen molar-refractivity contribution in [3.63, 3.8) is 0 Å². The molecule has 5 rings (SSSR count). The van der Waals surface area contributed by atoms with Crippen LogP contribution in [0.4, 0.5) is 0 Å². The van der Waals surface area contributed by atoms with Crippen molar-refractivity contribution < 1.29 is 33.3 Å². The van der Waals surface area contributed by atoms with Gasteiger partial charge in [0.05, 0.1) is 48.3 Å². The number of nitrogens with two attached hydrogens (primary N) is 1. The van der Waals surface area contributed by atoms with E-state index in [2.05, 4.69) is 0 Å². The lowest BCUT2D eigenvalue weighted by molar-refractivity contribution is -0.138. The molecule has 48 heavy (non-hydrogen) atoms. The van der Waals surface area contributed by atoms with Gasteiger partial charge >= 0.3 is 5.97 Å². The first kappa shape index (κ1) is 34.0. The number of carbonyl (C=O) groups is 2. The summed E-state index contributed by atoms with van der Waals surface area (Å²) in [5.41, 5.74) is 7.51. The molecule has 1 aliphatic heterocycles. The summed E-state index contributed by atoms with van der Waals surface area (Å²) in [7, 11) is 0. The van der Waals surface area contributed by atoms with Gasteiger partial charge in [0.2, 0.25) is 0 Å². The Morgan fingerprint density at radius 1 is 0.833 bits per heavy atom. The highest BCUT2D eigenvalue weighted by Gasteiger charge is 2.35. The van der Waals surface area contributed by atoms with Gasteiger partial charge in [0.1, 0.15) is 0 Å². The number of hydrogen-bond donors (Lipinski definition) is 1. The summed E-state index contributed by atoms with van der Waals surface area (Å²) in [4.78, 5) is 44.8. The second kappa shape index (κ2) is 15.5. The van der Waals surface area contributed by atoms with Gasteiger partial charge in [-0.1, -0.05) is 53.8 Å². The van der Waals surface area contributed by atoms with Gasteiger partial charge in [0.25, 0.3) is 11.5 Å². The standard InChI is InChI=1S/C36H37N3O8S/c1-5-43-25-17-15-24(20-28(25)45-7-3)33-31(35(42)46-8-4)32(23-12-10-9-11-13-23)38-36-39(33)34(41)29(48-36)19-22-14-16-26(47-21-30(37)40)27(18-22)44-6-2/h9-20,33H,5-8,21H2,1-4H3,(H2,37,40)/b29-19+. The Balaban J connectivity index is 1.75. The number of nitrogens with zero attached hydrogens (tertiary/aromatic N) is 2. The molecule has 0 saturated heterocycles. The number of amides is 1. The summed E-state index contributed by atoms with van der Waals surface area (Å²) < 4.78 is 30.5. The van der Waals surface area contributed by atoms with Gasteiger partial charge in [-0.3, -0.25) is 14.2 Å². The quantitative estimate of drug-likeness (QED) is 0.199. The fourth-order valence-electron chi connectivity index (χ4n) is 5.30. The molecule has 0 bridgehead atoms. The van der Waals surface area contributed by atoms with Gasteiger partial charge in [-0.25, -0.2) is 9.79 Å². The number of carbonyl (C=O) groups excluding carboxylic acids is 2. The number of primary amides is 1. The Morgan fingerprint density at radius 2 is 1.48 bits per heavy atom. The Labute approximate surface area is 281 Å². The molecule has 1 aliphatic rings. The van der Waals surface area contributed by atoms with Gasteiger partial charge < -0.3 is 29.4 Å². The molecule has 0 radical (unpaired) electrons. The van der Waals surface area contributed by atoms with Crippen molar-refractivity contribution in [1.82, 2.24) is 4.57 Å². The molecule has 0 aliphatic carbocycles. The summed E-state index contributed by atoms with van der Waals surface area (Å²) in [6.07, 6.45) is 1.72. The first-order chi connectivity index (χ1) is 23.3. The molecule has 250 valence electrons. The fourth-order valence-corrected chi connectivity index (χ4v) is 6.30. The highest BCUT2D eigenvalue weighted by Crippen LogP contribution is 2.39. The molecule has 11 nitrogen and oxygen atoms in total. The molecule has 1 atom stereocenters. The van der Waals surface area contributed by atoms with Crippen molar-refractivity contribution in [1.29, 1.82) is 0 Å². The van der Waals surface area contributed by atoms with Gasteiger partial charge in [0, 0.05) is 5.56 Å². The highest BCUT2D eigenvalue weighted by molar-refractivity contribution is 7.07. The van der Waals surface area contributed by atoms with E-state index in [0.29, 0.717) is 74.5 Å². The number of fused-ring (bicyclic) bond motifs is 1. The lowest BCUT2D eigenvalue weighted by Gasteiger charge is -2.26. The number of thiazole rings is 1. The zero-order valence-electron chi connectivity index (χ0n) is 27.2. The average molecular weight is 672 g/mol. The summed E-state index contributed by atoms with van der Waals surface area (Å²) in [6.45, 7) is 8.32. The SMILES string of the molecule is CCOC(=O)C1=C(c2ccccc2)N=c2s/c(=C/c3ccc(OCC(N)=O)c(OCC)c3)c(=O)n2C1c1ccc(OCC)c(OCC)c1. The third-order valence-electron chi connectivity index (χ3n) is 7.19. The van der Waals surface area contributed by atoms with Gasteiger partial charge in [0.15, 0.2) is 34.4 Å². The van der Waals surface area contributed by atoms with E-state index in [1.807, 2.05) is 57.2 Å². The maximum absolute atomic E-state index is 14.4. The van der Waals surface area contributed by atoms with Crippen LogP contribution in [0.5, 0.6) is 23.0 Å². The summed E-state index contributed by atoms with van der Waals surface area (Å²) in [6, 6.07) is 19.0. The Bertz CT molecular complexity index is 2020. The fraction of sp³-hybridized carbons (Fsp3) is 0.278. The molecular weight excluding hydrogens is 634 g/mol. The monoisotopic (exact) mass is 671 g/mol. The van der Waals surface area contributed by atoms with E-state index in [0.717, 1.165) is 0 Å². The Hall–Kier alpha value is -5.36. The van der Waals surface area contributed by atoms with Crippen molar-refractivity contribution >= 4 is 35.0 Å². The topological polar surface area (TPSA) is 141 Å². The lowest BCUT2D eigenvalue weighted by Crippen LogP contribution is -2.40. The van der Waals surface area contributed by atoms with E-state index in [4.69, 9.17) is 34.4 Å².